The Bertz CT molecular complexity index is 801. The van der Waals surface area contributed by atoms with Crippen LogP contribution in [0.1, 0.15) is 11.1 Å². The van der Waals surface area contributed by atoms with Gasteiger partial charge in [0.05, 0.1) is 11.2 Å². The van der Waals surface area contributed by atoms with Crippen LogP contribution in [0.15, 0.2) is 53.3 Å². The fraction of sp³-hybridized carbons (Fsp3) is 0.118. The van der Waals surface area contributed by atoms with E-state index in [1.54, 1.807) is 0 Å². The van der Waals surface area contributed by atoms with Gasteiger partial charge in [-0.1, -0.05) is 42.5 Å². The molecule has 0 saturated heterocycles. The molecule has 1 aromatic heterocycles. The predicted molar refractivity (Wildman–Crippen MR) is 79.5 cm³/mol. The molecule has 3 aromatic rings. The van der Waals surface area contributed by atoms with Gasteiger partial charge in [0.15, 0.2) is 5.43 Å². The van der Waals surface area contributed by atoms with E-state index in [0.29, 0.717) is 0 Å². The molecule has 2 heteroatoms. The summed E-state index contributed by atoms with van der Waals surface area (Å²) in [5.41, 5.74) is 4.85. The molecule has 0 aliphatic carbocycles. The van der Waals surface area contributed by atoms with Crippen LogP contribution in [0.5, 0.6) is 0 Å². The van der Waals surface area contributed by atoms with Crippen LogP contribution < -0.4 is 5.43 Å². The number of benzene rings is 2. The lowest BCUT2D eigenvalue weighted by Gasteiger charge is -2.10. The van der Waals surface area contributed by atoms with Gasteiger partial charge in [0.1, 0.15) is 0 Å². The number of hydrogen-bond donors (Lipinski definition) is 1. The molecular formula is C17H15NO. The van der Waals surface area contributed by atoms with Gasteiger partial charge in [-0.3, -0.25) is 4.79 Å². The number of H-pyrrole nitrogens is 1. The van der Waals surface area contributed by atoms with Crippen molar-refractivity contribution in [3.63, 3.8) is 0 Å². The molecule has 19 heavy (non-hydrogen) atoms. The molecule has 1 N–H and O–H groups in total. The maximum Gasteiger partial charge on any atom is 0.192 e. The Morgan fingerprint density at radius 3 is 2.37 bits per heavy atom. The minimum absolute atomic E-state index is 0.108. The molecule has 94 valence electrons. The summed E-state index contributed by atoms with van der Waals surface area (Å²) < 4.78 is 0. The second-order valence-corrected chi connectivity index (χ2v) is 4.82. The number of aromatic nitrogens is 1. The van der Waals surface area contributed by atoms with E-state index in [-0.39, 0.29) is 5.43 Å². The van der Waals surface area contributed by atoms with E-state index in [0.717, 1.165) is 33.3 Å². The van der Waals surface area contributed by atoms with E-state index in [9.17, 15) is 4.79 Å². The summed E-state index contributed by atoms with van der Waals surface area (Å²) >= 11 is 0. The first-order valence-corrected chi connectivity index (χ1v) is 6.36. The summed E-state index contributed by atoms with van der Waals surface area (Å²) in [4.78, 5) is 15.9. The van der Waals surface area contributed by atoms with Crippen LogP contribution in [0.3, 0.4) is 0 Å². The maximum absolute atomic E-state index is 12.5. The second kappa shape index (κ2) is 4.39. The average molecular weight is 249 g/mol. The highest BCUT2D eigenvalue weighted by atomic mass is 16.1. The minimum Gasteiger partial charge on any atom is -0.354 e. The van der Waals surface area contributed by atoms with Gasteiger partial charge in [-0.25, -0.2) is 0 Å². The summed E-state index contributed by atoms with van der Waals surface area (Å²) in [6.07, 6.45) is 0. The second-order valence-electron chi connectivity index (χ2n) is 4.82. The zero-order valence-electron chi connectivity index (χ0n) is 11.0. The summed E-state index contributed by atoms with van der Waals surface area (Å²) in [7, 11) is 0. The van der Waals surface area contributed by atoms with Gasteiger partial charge in [0, 0.05) is 10.9 Å². The number of nitrogens with one attached hydrogen (secondary N) is 1. The highest BCUT2D eigenvalue weighted by molar-refractivity contribution is 5.85. The van der Waals surface area contributed by atoms with Gasteiger partial charge < -0.3 is 4.98 Å². The molecule has 0 fully saturated rings. The monoisotopic (exact) mass is 249 g/mol. The highest BCUT2D eigenvalue weighted by Gasteiger charge is 2.10. The fourth-order valence-electron chi connectivity index (χ4n) is 2.45. The molecule has 0 radical (unpaired) electrons. The van der Waals surface area contributed by atoms with Gasteiger partial charge in [-0.15, -0.1) is 0 Å². The van der Waals surface area contributed by atoms with E-state index < -0.39 is 0 Å². The third-order valence-corrected chi connectivity index (χ3v) is 3.55. The van der Waals surface area contributed by atoms with Crippen LogP contribution >= 0.6 is 0 Å². The molecule has 2 aromatic carbocycles. The van der Waals surface area contributed by atoms with Crippen molar-refractivity contribution in [2.75, 3.05) is 0 Å². The molecule has 0 spiro atoms. The molecule has 1 heterocycles. The van der Waals surface area contributed by atoms with E-state index >= 15 is 0 Å². The van der Waals surface area contributed by atoms with Crippen LogP contribution in [0.2, 0.25) is 0 Å². The Morgan fingerprint density at radius 2 is 1.63 bits per heavy atom. The van der Waals surface area contributed by atoms with Crippen molar-refractivity contribution in [2.24, 2.45) is 0 Å². The third kappa shape index (κ3) is 1.85. The number of fused-ring (bicyclic) bond motifs is 1. The first kappa shape index (κ1) is 11.7. The highest BCUT2D eigenvalue weighted by Crippen LogP contribution is 2.23. The summed E-state index contributed by atoms with van der Waals surface area (Å²) in [5, 5.41) is 0.761. The molecule has 0 amide bonds. The Morgan fingerprint density at radius 1 is 0.895 bits per heavy atom. The SMILES string of the molecule is Cc1c(-c2ccccc2)[nH]c2c(C)cccc2c1=O. The van der Waals surface area contributed by atoms with Gasteiger partial charge >= 0.3 is 0 Å². The zero-order chi connectivity index (χ0) is 13.4. The lowest BCUT2D eigenvalue weighted by molar-refractivity contribution is 1.28. The molecule has 0 aliphatic rings. The van der Waals surface area contributed by atoms with Crippen LogP contribution in [-0.4, -0.2) is 4.98 Å². The van der Waals surface area contributed by atoms with Crippen molar-refractivity contribution in [1.29, 1.82) is 0 Å². The number of para-hydroxylation sites is 1. The molecule has 0 saturated carbocycles. The van der Waals surface area contributed by atoms with Crippen molar-refractivity contribution in [1.82, 2.24) is 4.98 Å². The van der Waals surface area contributed by atoms with Crippen molar-refractivity contribution < 1.29 is 0 Å². The normalized spacial score (nSPS) is 10.8. The Kier molecular flexibility index (Phi) is 2.71. The number of hydrogen-bond acceptors (Lipinski definition) is 1. The van der Waals surface area contributed by atoms with Crippen molar-refractivity contribution in [3.8, 4) is 11.3 Å². The Labute approximate surface area is 111 Å². The van der Waals surface area contributed by atoms with Crippen LogP contribution in [0, 0.1) is 13.8 Å². The maximum atomic E-state index is 12.5. The molecule has 0 bridgehead atoms. The van der Waals surface area contributed by atoms with Crippen molar-refractivity contribution >= 4 is 10.9 Å². The zero-order valence-corrected chi connectivity index (χ0v) is 11.0. The van der Waals surface area contributed by atoms with Crippen LogP contribution in [-0.2, 0) is 0 Å². The number of rotatable bonds is 1. The molecular weight excluding hydrogens is 234 g/mol. The molecule has 0 unspecified atom stereocenters. The predicted octanol–water partition coefficient (Wildman–Crippen LogP) is 3.81. The summed E-state index contributed by atoms with van der Waals surface area (Å²) in [6, 6.07) is 15.8. The largest absolute Gasteiger partial charge is 0.354 e. The van der Waals surface area contributed by atoms with Crippen molar-refractivity contribution in [2.45, 2.75) is 13.8 Å². The van der Waals surface area contributed by atoms with E-state index in [1.165, 1.54) is 0 Å². The summed E-state index contributed by atoms with van der Waals surface area (Å²) in [6.45, 7) is 3.89. The van der Waals surface area contributed by atoms with Gasteiger partial charge in [-0.2, -0.15) is 0 Å². The lowest BCUT2D eigenvalue weighted by atomic mass is 10.0. The lowest BCUT2D eigenvalue weighted by Crippen LogP contribution is -2.10. The standard InChI is InChI=1S/C17H15NO/c1-11-7-6-10-14-15(11)18-16(12(2)17(14)19)13-8-4-3-5-9-13/h3-10H,1-2H3,(H,18,19). The minimum atomic E-state index is 0.108. The Hall–Kier alpha value is -2.35. The molecule has 3 rings (SSSR count). The average Bonchev–Trinajstić information content (AvgIpc) is 2.44. The van der Waals surface area contributed by atoms with E-state index in [1.807, 2.05) is 62.4 Å². The number of pyridine rings is 1. The number of aryl methyl sites for hydroxylation is 1. The van der Waals surface area contributed by atoms with E-state index in [2.05, 4.69) is 4.98 Å². The van der Waals surface area contributed by atoms with Gasteiger partial charge in [0.25, 0.3) is 0 Å². The molecule has 0 atom stereocenters. The quantitative estimate of drug-likeness (QED) is 0.699. The third-order valence-electron chi connectivity index (χ3n) is 3.55. The van der Waals surface area contributed by atoms with Gasteiger partial charge in [0.2, 0.25) is 0 Å². The number of aromatic amines is 1. The topological polar surface area (TPSA) is 32.9 Å². The van der Waals surface area contributed by atoms with E-state index in [4.69, 9.17) is 0 Å². The Balaban J connectivity index is 2.42. The summed E-state index contributed by atoms with van der Waals surface area (Å²) in [5.74, 6) is 0. The fourth-order valence-corrected chi connectivity index (χ4v) is 2.45. The smallest absolute Gasteiger partial charge is 0.192 e. The van der Waals surface area contributed by atoms with Gasteiger partial charge in [-0.05, 0) is 31.0 Å². The molecule has 0 aliphatic heterocycles. The van der Waals surface area contributed by atoms with Crippen LogP contribution in [0.4, 0.5) is 0 Å². The van der Waals surface area contributed by atoms with Crippen LogP contribution in [0.25, 0.3) is 22.2 Å². The van der Waals surface area contributed by atoms with Crippen molar-refractivity contribution in [3.05, 3.63) is 69.9 Å². The first-order valence-electron chi connectivity index (χ1n) is 6.36. The molecule has 2 nitrogen and oxygen atoms in total. The first-order chi connectivity index (χ1) is 9.18.